The first-order valence-electron chi connectivity index (χ1n) is 10.2. The number of aliphatic imine (C=N–C) groups is 1. The molecule has 2 aromatic rings. The molecule has 0 unspecified atom stereocenters. The molecule has 1 saturated carbocycles. The van der Waals surface area contributed by atoms with E-state index in [9.17, 15) is 0 Å². The van der Waals surface area contributed by atoms with Crippen LogP contribution in [-0.2, 0) is 6.54 Å². The van der Waals surface area contributed by atoms with E-state index in [2.05, 4.69) is 57.5 Å². The Hall–Kier alpha value is -1.99. The van der Waals surface area contributed by atoms with Gasteiger partial charge < -0.3 is 14.7 Å². The lowest BCUT2D eigenvalue weighted by molar-refractivity contribution is 0.169. The van der Waals surface area contributed by atoms with Crippen LogP contribution in [0.25, 0.3) is 0 Å². The van der Waals surface area contributed by atoms with Crippen LogP contribution in [0, 0.1) is 0 Å². The van der Waals surface area contributed by atoms with Crippen molar-refractivity contribution in [1.82, 2.24) is 20.3 Å². The smallest absolute Gasteiger partial charge is 0.194 e. The fourth-order valence-corrected chi connectivity index (χ4v) is 4.71. The van der Waals surface area contributed by atoms with Gasteiger partial charge in [0.1, 0.15) is 6.26 Å². The van der Waals surface area contributed by atoms with Crippen LogP contribution in [0.3, 0.4) is 0 Å². The summed E-state index contributed by atoms with van der Waals surface area (Å²) in [7, 11) is 0. The van der Waals surface area contributed by atoms with Crippen molar-refractivity contribution >= 4 is 17.7 Å². The zero-order valence-corrected chi connectivity index (χ0v) is 17.3. The number of benzene rings is 1. The highest BCUT2D eigenvalue weighted by Gasteiger charge is 2.43. The Bertz CT molecular complexity index is 752. The van der Waals surface area contributed by atoms with Crippen LogP contribution < -0.4 is 5.32 Å². The fourth-order valence-electron chi connectivity index (χ4n) is 3.48. The lowest BCUT2D eigenvalue weighted by atomic mass is 10.3. The lowest BCUT2D eigenvalue weighted by Gasteiger charge is -2.36. The molecule has 0 spiro atoms. The van der Waals surface area contributed by atoms with E-state index in [0.717, 1.165) is 57.5 Å². The van der Waals surface area contributed by atoms with E-state index in [-0.39, 0.29) is 4.75 Å². The van der Waals surface area contributed by atoms with Gasteiger partial charge in [-0.15, -0.1) is 11.8 Å². The maximum Gasteiger partial charge on any atom is 0.194 e. The van der Waals surface area contributed by atoms with Crippen molar-refractivity contribution in [2.75, 3.05) is 39.3 Å². The standard InChI is InChI=1S/C21H29N5OS/c1-2-22-20(23-17-21(9-10-21)28-19-6-4-3-5-7-19)26-13-11-25(12-14-26)16-18-8-15-27-24-18/h3-8,15H,2,9-14,16-17H2,1H3,(H,22,23). The average Bonchev–Trinajstić information content (AvgIpc) is 3.29. The third kappa shape index (κ3) is 5.08. The van der Waals surface area contributed by atoms with Gasteiger partial charge in [0, 0.05) is 55.0 Å². The Morgan fingerprint density at radius 1 is 1.18 bits per heavy atom. The molecule has 2 fully saturated rings. The van der Waals surface area contributed by atoms with Gasteiger partial charge in [0.05, 0.1) is 12.2 Å². The van der Waals surface area contributed by atoms with Crippen molar-refractivity contribution in [3.05, 3.63) is 48.4 Å². The summed E-state index contributed by atoms with van der Waals surface area (Å²) in [4.78, 5) is 11.2. The molecule has 0 amide bonds. The molecule has 0 radical (unpaired) electrons. The summed E-state index contributed by atoms with van der Waals surface area (Å²) in [6.45, 7) is 8.79. The maximum atomic E-state index is 5.03. The normalized spacial score (nSPS) is 19.6. The molecule has 7 heteroatoms. The summed E-state index contributed by atoms with van der Waals surface area (Å²) in [5, 5.41) is 7.52. The number of nitrogens with zero attached hydrogens (tertiary/aromatic N) is 4. The molecular weight excluding hydrogens is 370 g/mol. The molecule has 1 aliphatic carbocycles. The van der Waals surface area contributed by atoms with Crippen molar-refractivity contribution in [2.45, 2.75) is 36.0 Å². The monoisotopic (exact) mass is 399 g/mol. The number of guanidine groups is 1. The summed E-state index contributed by atoms with van der Waals surface area (Å²) in [5.41, 5.74) is 1.00. The fraction of sp³-hybridized carbons (Fsp3) is 0.524. The second-order valence-corrected chi connectivity index (χ2v) is 9.06. The van der Waals surface area contributed by atoms with Gasteiger partial charge in [0.2, 0.25) is 0 Å². The molecule has 6 nitrogen and oxygen atoms in total. The highest BCUT2D eigenvalue weighted by molar-refractivity contribution is 8.01. The van der Waals surface area contributed by atoms with Gasteiger partial charge in [-0.3, -0.25) is 9.89 Å². The first-order chi connectivity index (χ1) is 13.8. The van der Waals surface area contributed by atoms with Gasteiger partial charge in [0.15, 0.2) is 5.96 Å². The molecular formula is C21H29N5OS. The minimum absolute atomic E-state index is 0.288. The van der Waals surface area contributed by atoms with E-state index >= 15 is 0 Å². The number of hydrogen-bond donors (Lipinski definition) is 1. The summed E-state index contributed by atoms with van der Waals surface area (Å²) < 4.78 is 5.23. The largest absolute Gasteiger partial charge is 0.364 e. The van der Waals surface area contributed by atoms with Crippen molar-refractivity contribution in [3.8, 4) is 0 Å². The van der Waals surface area contributed by atoms with Crippen molar-refractivity contribution in [1.29, 1.82) is 0 Å². The van der Waals surface area contributed by atoms with E-state index in [0.29, 0.717) is 0 Å². The van der Waals surface area contributed by atoms with E-state index in [1.165, 1.54) is 17.7 Å². The van der Waals surface area contributed by atoms with E-state index in [1.807, 2.05) is 17.8 Å². The van der Waals surface area contributed by atoms with Gasteiger partial charge >= 0.3 is 0 Å². The van der Waals surface area contributed by atoms with E-state index in [4.69, 9.17) is 9.52 Å². The topological polar surface area (TPSA) is 56.9 Å². The Morgan fingerprint density at radius 2 is 1.96 bits per heavy atom. The second-order valence-electron chi connectivity index (χ2n) is 7.52. The Labute approximate surface area is 171 Å². The molecule has 1 N–H and O–H groups in total. The second kappa shape index (κ2) is 9.01. The minimum Gasteiger partial charge on any atom is -0.364 e. The lowest BCUT2D eigenvalue weighted by Crippen LogP contribution is -2.52. The van der Waals surface area contributed by atoms with Crippen LogP contribution in [0.2, 0.25) is 0 Å². The molecule has 2 aliphatic rings. The van der Waals surface area contributed by atoms with Crippen LogP contribution in [0.5, 0.6) is 0 Å². The zero-order valence-electron chi connectivity index (χ0n) is 16.5. The number of thioether (sulfide) groups is 1. The van der Waals surface area contributed by atoms with Crippen LogP contribution >= 0.6 is 11.8 Å². The zero-order chi connectivity index (χ0) is 19.2. The van der Waals surface area contributed by atoms with Gasteiger partial charge in [-0.25, -0.2) is 0 Å². The van der Waals surface area contributed by atoms with Crippen LogP contribution in [0.15, 0.2) is 57.1 Å². The summed E-state index contributed by atoms with van der Waals surface area (Å²) >= 11 is 1.99. The molecule has 150 valence electrons. The van der Waals surface area contributed by atoms with Gasteiger partial charge in [-0.05, 0) is 31.9 Å². The predicted molar refractivity (Wildman–Crippen MR) is 114 cm³/mol. The van der Waals surface area contributed by atoms with Crippen molar-refractivity contribution < 1.29 is 4.52 Å². The minimum atomic E-state index is 0.288. The predicted octanol–water partition coefficient (Wildman–Crippen LogP) is 3.08. The highest BCUT2D eigenvalue weighted by atomic mass is 32.2. The number of piperazine rings is 1. The van der Waals surface area contributed by atoms with Crippen molar-refractivity contribution in [3.63, 3.8) is 0 Å². The molecule has 1 saturated heterocycles. The summed E-state index contributed by atoms with van der Waals surface area (Å²) in [6.07, 6.45) is 4.14. The first-order valence-corrected chi connectivity index (χ1v) is 11.0. The first kappa shape index (κ1) is 19.3. The van der Waals surface area contributed by atoms with Crippen LogP contribution in [-0.4, -0.2) is 64.9 Å². The average molecular weight is 400 g/mol. The van der Waals surface area contributed by atoms with E-state index in [1.54, 1.807) is 6.26 Å². The highest BCUT2D eigenvalue weighted by Crippen LogP contribution is 2.51. The number of hydrogen-bond acceptors (Lipinski definition) is 5. The molecule has 4 rings (SSSR count). The molecule has 1 aromatic carbocycles. The third-order valence-electron chi connectivity index (χ3n) is 5.29. The molecule has 1 aliphatic heterocycles. The molecule has 28 heavy (non-hydrogen) atoms. The summed E-state index contributed by atoms with van der Waals surface area (Å²) in [5.74, 6) is 1.06. The third-order valence-corrected chi connectivity index (χ3v) is 6.76. The quantitative estimate of drug-likeness (QED) is 0.570. The van der Waals surface area contributed by atoms with Crippen molar-refractivity contribution in [2.24, 2.45) is 4.99 Å². The van der Waals surface area contributed by atoms with Gasteiger partial charge in [0.25, 0.3) is 0 Å². The van der Waals surface area contributed by atoms with E-state index < -0.39 is 0 Å². The molecule has 2 heterocycles. The summed E-state index contributed by atoms with van der Waals surface area (Å²) in [6, 6.07) is 12.7. The maximum absolute atomic E-state index is 5.03. The number of aromatic nitrogens is 1. The van der Waals surface area contributed by atoms with Crippen LogP contribution in [0.1, 0.15) is 25.5 Å². The Balaban J connectivity index is 1.32. The van der Waals surface area contributed by atoms with Crippen LogP contribution in [0.4, 0.5) is 0 Å². The van der Waals surface area contributed by atoms with Gasteiger partial charge in [-0.1, -0.05) is 23.4 Å². The SMILES string of the molecule is CCNC(=NCC1(Sc2ccccc2)CC1)N1CCN(Cc2ccon2)CC1. The number of nitrogens with one attached hydrogen (secondary N) is 1. The number of rotatable bonds is 7. The molecule has 0 atom stereocenters. The Morgan fingerprint density at radius 3 is 2.61 bits per heavy atom. The molecule has 0 bridgehead atoms. The Kier molecular flexibility index (Phi) is 6.22. The molecule has 1 aromatic heterocycles. The van der Waals surface area contributed by atoms with Gasteiger partial charge in [-0.2, -0.15) is 0 Å².